The number of hydrogen-bond donors (Lipinski definition) is 0. The second-order valence-corrected chi connectivity index (χ2v) is 8.14. The third-order valence-corrected chi connectivity index (χ3v) is 5.79. The van der Waals surface area contributed by atoms with Crippen LogP contribution in [0.2, 0.25) is 0 Å². The van der Waals surface area contributed by atoms with Crippen LogP contribution in [0.5, 0.6) is 0 Å². The smallest absolute Gasteiger partial charge is 0.222 e. The van der Waals surface area contributed by atoms with E-state index in [-0.39, 0.29) is 12.0 Å². The lowest BCUT2D eigenvalue weighted by Gasteiger charge is -2.29. The van der Waals surface area contributed by atoms with Crippen LogP contribution in [0.25, 0.3) is 0 Å². The van der Waals surface area contributed by atoms with Crippen molar-refractivity contribution < 1.29 is 9.53 Å². The van der Waals surface area contributed by atoms with Gasteiger partial charge < -0.3 is 9.64 Å². The summed E-state index contributed by atoms with van der Waals surface area (Å²) >= 11 is 0. The van der Waals surface area contributed by atoms with Gasteiger partial charge in [0.25, 0.3) is 0 Å². The molecule has 0 radical (unpaired) electrons. The molecule has 0 N–H and O–H groups in total. The predicted octanol–water partition coefficient (Wildman–Crippen LogP) is 1.71. The number of nitrogens with zero attached hydrogens (tertiary/aromatic N) is 6. The molecule has 1 aromatic heterocycles. The van der Waals surface area contributed by atoms with Crippen molar-refractivity contribution in [1.29, 1.82) is 0 Å². The second kappa shape index (κ2) is 10.1. The van der Waals surface area contributed by atoms with Crippen LogP contribution in [-0.2, 0) is 22.6 Å². The Morgan fingerprint density at radius 1 is 1.26 bits per heavy atom. The fourth-order valence-electron chi connectivity index (χ4n) is 3.86. The first kappa shape index (κ1) is 20.2. The molecule has 2 aliphatic heterocycles. The van der Waals surface area contributed by atoms with Gasteiger partial charge in [0.2, 0.25) is 5.91 Å². The number of carbonyl (C=O) groups is 1. The van der Waals surface area contributed by atoms with Crippen LogP contribution in [0.4, 0.5) is 0 Å². The van der Waals surface area contributed by atoms with Gasteiger partial charge in [-0.25, -0.2) is 4.68 Å². The lowest BCUT2D eigenvalue weighted by atomic mass is 9.99. The van der Waals surface area contributed by atoms with Gasteiger partial charge in [0, 0.05) is 33.2 Å². The van der Waals surface area contributed by atoms with Crippen LogP contribution < -0.4 is 0 Å². The molecule has 0 bridgehead atoms. The molecule has 0 aromatic carbocycles. The van der Waals surface area contributed by atoms with Crippen molar-refractivity contribution in [3.8, 4) is 0 Å². The Morgan fingerprint density at radius 3 is 2.81 bits per heavy atom. The van der Waals surface area contributed by atoms with E-state index < -0.39 is 0 Å². The molecule has 3 rings (SSSR count). The van der Waals surface area contributed by atoms with Crippen LogP contribution in [0.3, 0.4) is 0 Å². The normalized spacial score (nSPS) is 22.1. The van der Waals surface area contributed by atoms with Gasteiger partial charge in [-0.3, -0.25) is 9.69 Å². The molecule has 8 heteroatoms. The first-order valence-corrected chi connectivity index (χ1v) is 10.4. The van der Waals surface area contributed by atoms with Gasteiger partial charge in [0.1, 0.15) is 0 Å². The van der Waals surface area contributed by atoms with Gasteiger partial charge >= 0.3 is 0 Å². The average Bonchev–Trinajstić information content (AvgIpc) is 3.11. The summed E-state index contributed by atoms with van der Waals surface area (Å²) in [6.45, 7) is 7.54. The Kier molecular flexibility index (Phi) is 7.58. The molecule has 1 amide bonds. The van der Waals surface area contributed by atoms with Crippen LogP contribution in [0.15, 0.2) is 0 Å². The minimum absolute atomic E-state index is 0.170. The van der Waals surface area contributed by atoms with E-state index in [9.17, 15) is 4.79 Å². The van der Waals surface area contributed by atoms with Crippen molar-refractivity contribution in [3.63, 3.8) is 0 Å². The molecule has 2 fully saturated rings. The first-order chi connectivity index (χ1) is 13.1. The molecule has 2 aliphatic rings. The number of amides is 1. The summed E-state index contributed by atoms with van der Waals surface area (Å²) in [5.41, 5.74) is 0. The number of rotatable bonds is 8. The molecule has 0 saturated carbocycles. The number of likely N-dealkylation sites (N-methyl/N-ethyl adjacent to an activating group) is 1. The van der Waals surface area contributed by atoms with Crippen LogP contribution in [0.1, 0.15) is 57.7 Å². The molecular weight excluding hydrogens is 344 g/mol. The third kappa shape index (κ3) is 6.24. The minimum atomic E-state index is 0.170. The fraction of sp³-hybridized carbons (Fsp3) is 0.895. The van der Waals surface area contributed by atoms with Crippen molar-refractivity contribution in [2.45, 2.75) is 71.1 Å². The largest absolute Gasteiger partial charge is 0.376 e. The maximum atomic E-state index is 12.4. The first-order valence-electron chi connectivity index (χ1n) is 10.4. The molecule has 3 heterocycles. The standard InChI is InChI=1S/C19H34N6O2/c1-16-8-11-24(12-9-16)15-18-20-21-22-25(18)10-5-7-19(26)23(2)14-17-6-3-4-13-27-17/h16-17H,3-15H2,1-2H3/t17-/m1/s1. The van der Waals surface area contributed by atoms with Crippen LogP contribution in [-0.4, -0.2) is 75.3 Å². The molecule has 0 aliphatic carbocycles. The van der Waals surface area contributed by atoms with Gasteiger partial charge in [-0.2, -0.15) is 0 Å². The molecule has 152 valence electrons. The van der Waals surface area contributed by atoms with Crippen molar-refractivity contribution >= 4 is 5.91 Å². The van der Waals surface area contributed by atoms with Crippen molar-refractivity contribution in [2.24, 2.45) is 5.92 Å². The van der Waals surface area contributed by atoms with Crippen LogP contribution >= 0.6 is 0 Å². The van der Waals surface area contributed by atoms with E-state index in [1.165, 1.54) is 19.3 Å². The maximum Gasteiger partial charge on any atom is 0.222 e. The Morgan fingerprint density at radius 2 is 2.07 bits per heavy atom. The quantitative estimate of drug-likeness (QED) is 0.685. The van der Waals surface area contributed by atoms with Gasteiger partial charge in [-0.1, -0.05) is 6.92 Å². The van der Waals surface area contributed by atoms with Crippen LogP contribution in [0, 0.1) is 5.92 Å². The van der Waals surface area contributed by atoms with Crippen molar-refractivity contribution in [3.05, 3.63) is 5.82 Å². The highest BCUT2D eigenvalue weighted by Gasteiger charge is 2.20. The molecule has 1 aromatic rings. The Balaban J connectivity index is 1.38. The highest BCUT2D eigenvalue weighted by molar-refractivity contribution is 5.75. The number of aryl methyl sites for hydroxylation is 1. The molecule has 27 heavy (non-hydrogen) atoms. The van der Waals surface area contributed by atoms with E-state index in [1.54, 1.807) is 0 Å². The summed E-state index contributed by atoms with van der Waals surface area (Å²) in [5.74, 6) is 1.89. The second-order valence-electron chi connectivity index (χ2n) is 8.14. The molecule has 0 unspecified atom stereocenters. The Labute approximate surface area is 162 Å². The van der Waals surface area contributed by atoms with Gasteiger partial charge in [0.15, 0.2) is 5.82 Å². The SMILES string of the molecule is CC1CCN(Cc2nnnn2CCCC(=O)N(C)C[C@H]2CCCCO2)CC1. The zero-order valence-corrected chi connectivity index (χ0v) is 16.8. The van der Waals surface area contributed by atoms with E-state index in [0.717, 1.165) is 57.2 Å². The lowest BCUT2D eigenvalue weighted by Crippen LogP contribution is -2.37. The number of hydrogen-bond acceptors (Lipinski definition) is 6. The molecular formula is C19H34N6O2. The van der Waals surface area contributed by atoms with Gasteiger partial charge in [0.05, 0.1) is 12.6 Å². The monoisotopic (exact) mass is 378 g/mol. The number of ether oxygens (including phenoxy) is 1. The van der Waals surface area contributed by atoms with E-state index in [0.29, 0.717) is 19.5 Å². The highest BCUT2D eigenvalue weighted by atomic mass is 16.5. The summed E-state index contributed by atoms with van der Waals surface area (Å²) in [4.78, 5) is 16.6. The van der Waals surface area contributed by atoms with E-state index in [2.05, 4.69) is 27.3 Å². The lowest BCUT2D eigenvalue weighted by molar-refractivity contribution is -0.132. The number of likely N-dealkylation sites (tertiary alicyclic amines) is 1. The van der Waals surface area contributed by atoms with Gasteiger partial charge in [-0.05, 0) is 68.0 Å². The fourth-order valence-corrected chi connectivity index (χ4v) is 3.86. The number of tetrazole rings is 1. The topological polar surface area (TPSA) is 76.4 Å². The summed E-state index contributed by atoms with van der Waals surface area (Å²) < 4.78 is 7.58. The Bertz CT molecular complexity index is 579. The summed E-state index contributed by atoms with van der Waals surface area (Å²) in [5, 5.41) is 12.1. The summed E-state index contributed by atoms with van der Waals surface area (Å²) in [6.07, 6.45) is 7.35. The Hall–Kier alpha value is -1.54. The number of piperidine rings is 1. The molecule has 1 atom stereocenters. The summed E-state index contributed by atoms with van der Waals surface area (Å²) in [6, 6.07) is 0. The van der Waals surface area contributed by atoms with E-state index in [4.69, 9.17) is 4.74 Å². The van der Waals surface area contributed by atoms with Crippen molar-refractivity contribution in [1.82, 2.24) is 30.0 Å². The number of carbonyl (C=O) groups excluding carboxylic acids is 1. The van der Waals surface area contributed by atoms with Gasteiger partial charge in [-0.15, -0.1) is 5.10 Å². The maximum absolute atomic E-state index is 12.4. The minimum Gasteiger partial charge on any atom is -0.376 e. The third-order valence-electron chi connectivity index (χ3n) is 5.79. The predicted molar refractivity (Wildman–Crippen MR) is 102 cm³/mol. The zero-order valence-electron chi connectivity index (χ0n) is 16.8. The highest BCUT2D eigenvalue weighted by Crippen LogP contribution is 2.17. The van der Waals surface area contributed by atoms with Crippen molar-refractivity contribution in [2.75, 3.05) is 33.3 Å². The number of aromatic nitrogens is 4. The molecule has 8 nitrogen and oxygen atoms in total. The summed E-state index contributed by atoms with van der Waals surface area (Å²) in [7, 11) is 1.88. The molecule has 2 saturated heterocycles. The molecule has 0 spiro atoms. The van der Waals surface area contributed by atoms with E-state index in [1.807, 2.05) is 16.6 Å². The average molecular weight is 379 g/mol. The van der Waals surface area contributed by atoms with E-state index >= 15 is 0 Å². The zero-order chi connectivity index (χ0) is 19.1.